The molecule has 0 spiro atoms. The van der Waals surface area contributed by atoms with Crippen molar-refractivity contribution < 1.29 is 59.9 Å². The molecule has 4 N–H and O–H groups in total. The van der Waals surface area contributed by atoms with Crippen molar-refractivity contribution >= 4 is 41.2 Å². The van der Waals surface area contributed by atoms with Gasteiger partial charge in [0.15, 0.2) is 0 Å². The van der Waals surface area contributed by atoms with Crippen LogP contribution < -0.4 is 15.8 Å². The van der Waals surface area contributed by atoms with Gasteiger partial charge in [0.05, 0.1) is 6.10 Å². The highest BCUT2D eigenvalue weighted by molar-refractivity contribution is 7.84. The van der Waals surface area contributed by atoms with Gasteiger partial charge in [-0.15, -0.1) is 12.4 Å². The van der Waals surface area contributed by atoms with Crippen LogP contribution in [-0.2, 0) is 36.3 Å². The Morgan fingerprint density at radius 1 is 0.903 bits per heavy atom. The van der Waals surface area contributed by atoms with Gasteiger partial charge in [0.25, 0.3) is 0 Å². The molecule has 1 aromatic rings. The molecule has 0 aromatic heterocycles. The Kier molecular flexibility index (Phi) is 19.8. The molecule has 1 unspecified atom stereocenters. The van der Waals surface area contributed by atoms with E-state index < -0.39 is 71.1 Å². The normalized spacial score (nSPS) is 25.1. The number of aliphatic hydroxyl groups is 1. The quantitative estimate of drug-likeness (QED) is 0.122. The van der Waals surface area contributed by atoms with Crippen LogP contribution in [0.2, 0.25) is 0 Å². The Morgan fingerprint density at radius 3 is 2.03 bits per heavy atom. The Labute approximate surface area is 374 Å². The Balaban J connectivity index is 0.000000886. The molecule has 62 heavy (non-hydrogen) atoms. The van der Waals surface area contributed by atoms with E-state index in [9.17, 15) is 45.7 Å². The molecule has 2 fully saturated rings. The lowest BCUT2D eigenvalue weighted by atomic mass is 9.52. The number of rotatable bonds is 14. The first-order valence-corrected chi connectivity index (χ1v) is 23.2. The summed E-state index contributed by atoms with van der Waals surface area (Å²) in [5.74, 6) is -4.55. The zero-order chi connectivity index (χ0) is 46.5. The lowest BCUT2D eigenvalue weighted by Crippen LogP contribution is -2.48. The maximum atomic E-state index is 13.3. The number of nitrogens with two attached hydrogens (primary N) is 1. The van der Waals surface area contributed by atoms with Crippen molar-refractivity contribution in [1.82, 2.24) is 5.32 Å². The fourth-order valence-electron chi connectivity index (χ4n) is 9.06. The zero-order valence-electron chi connectivity index (χ0n) is 38.3. The molecule has 1 amide bonds. The van der Waals surface area contributed by atoms with Crippen LogP contribution in [0.1, 0.15) is 145 Å². The standard InChI is InChI=1S/C36H52F5NO6S.C9H19NO2.ClH/c1-21(2)30(31(44)48-33(3,4)5)42-32(45)47-24-10-11-25-23(20-24)19-22(29-26(25)14-16-34(6)27(29)12-13-28(34)43)9-7-17-49(46)18-8-15-35(37,38)36(39,40)41;1-6(2)7(10)8(11)12-9(3,4)5;/h10-11,20-22,26-30,43H,7-9,12-19H2,1-6H3,(H,42,45);6-7H,10H2,1-5H3;1H/t22-,26-,27+,28+,29-,30+,34+,49?;7-;/m10./s1. The fourth-order valence-corrected chi connectivity index (χ4v) is 10.2. The van der Waals surface area contributed by atoms with Gasteiger partial charge in [-0.2, -0.15) is 22.0 Å². The minimum absolute atomic E-state index is 0. The number of halogens is 6. The molecule has 0 bridgehead atoms. The number of amides is 1. The Bertz CT molecular complexity index is 1680. The van der Waals surface area contributed by atoms with Gasteiger partial charge in [0.2, 0.25) is 0 Å². The van der Waals surface area contributed by atoms with Gasteiger partial charge in [-0.25, -0.2) is 9.59 Å². The van der Waals surface area contributed by atoms with Crippen molar-refractivity contribution in [2.75, 3.05) is 11.5 Å². The predicted octanol–water partition coefficient (Wildman–Crippen LogP) is 9.82. The number of hydrogen-bond donors (Lipinski definition) is 3. The van der Waals surface area contributed by atoms with Gasteiger partial charge in [-0.3, -0.25) is 9.00 Å². The Hall–Kier alpha value is -2.56. The number of alkyl halides is 5. The van der Waals surface area contributed by atoms with E-state index in [1.54, 1.807) is 40.7 Å². The number of fused-ring (bicyclic) bond motifs is 5. The first-order valence-electron chi connectivity index (χ1n) is 21.7. The van der Waals surface area contributed by atoms with Crippen LogP contribution in [0.5, 0.6) is 5.75 Å². The molecule has 4 rings (SSSR count). The van der Waals surface area contributed by atoms with Crippen molar-refractivity contribution in [3.05, 3.63) is 29.3 Å². The molecular weight excluding hydrogens is 859 g/mol. The van der Waals surface area contributed by atoms with Crippen molar-refractivity contribution in [3.8, 4) is 5.75 Å². The van der Waals surface area contributed by atoms with Crippen molar-refractivity contribution in [2.45, 2.75) is 181 Å². The van der Waals surface area contributed by atoms with Gasteiger partial charge in [-0.05, 0) is 157 Å². The summed E-state index contributed by atoms with van der Waals surface area (Å²) >= 11 is 0. The van der Waals surface area contributed by atoms with E-state index in [2.05, 4.69) is 12.2 Å². The van der Waals surface area contributed by atoms with E-state index in [4.69, 9.17) is 19.9 Å². The SMILES string of the molecule is CC(C)[C@H](N)C(=O)OC(C)(C)C.CC(C)[C@H](NC(=O)Oc1ccc2c(c1)C[C@@H](CCCS(=O)CCCC(F)(F)C(F)(F)F)[C@@H]1[C@@H]2CC[C@]2(C)[C@@H](O)CC[C@@H]12)C(=O)OC(C)(C)C.Cl. The summed E-state index contributed by atoms with van der Waals surface area (Å²) in [5.41, 5.74) is 6.44. The molecule has 3 aliphatic carbocycles. The first kappa shape index (κ1) is 55.6. The van der Waals surface area contributed by atoms with Gasteiger partial charge in [0.1, 0.15) is 29.0 Å². The summed E-state index contributed by atoms with van der Waals surface area (Å²) < 4.78 is 93.0. The monoisotopic (exact) mass is 930 g/mol. The van der Waals surface area contributed by atoms with E-state index in [0.717, 1.165) is 31.2 Å². The molecular formula is C45H72ClF5N2O8S. The van der Waals surface area contributed by atoms with E-state index >= 15 is 0 Å². The average molecular weight is 932 g/mol. The van der Waals surface area contributed by atoms with Gasteiger partial charge < -0.3 is 30.4 Å². The second-order valence-corrected chi connectivity index (χ2v) is 21.8. The maximum Gasteiger partial charge on any atom is 0.453 e. The molecule has 2 saturated carbocycles. The van der Waals surface area contributed by atoms with Crippen LogP contribution in [0.15, 0.2) is 18.2 Å². The number of esters is 2. The summed E-state index contributed by atoms with van der Waals surface area (Å²) in [6.07, 6.45) is -3.37. The second-order valence-electron chi connectivity index (χ2n) is 20.1. The number of benzene rings is 1. The van der Waals surface area contributed by atoms with Crippen LogP contribution in [-0.4, -0.2) is 80.3 Å². The summed E-state index contributed by atoms with van der Waals surface area (Å²) in [5, 5.41) is 13.6. The predicted molar refractivity (Wildman–Crippen MR) is 233 cm³/mol. The smallest absolute Gasteiger partial charge is 0.453 e. The van der Waals surface area contributed by atoms with E-state index in [1.807, 2.05) is 46.8 Å². The largest absolute Gasteiger partial charge is 0.459 e. The van der Waals surface area contributed by atoms with Gasteiger partial charge in [-0.1, -0.05) is 40.7 Å². The first-order chi connectivity index (χ1) is 27.9. The lowest BCUT2D eigenvalue weighted by molar-refractivity contribution is -0.284. The number of aliphatic hydroxyl groups excluding tert-OH is 1. The van der Waals surface area contributed by atoms with Crippen LogP contribution in [0.25, 0.3) is 0 Å². The number of ether oxygens (including phenoxy) is 3. The van der Waals surface area contributed by atoms with Crippen molar-refractivity contribution in [3.63, 3.8) is 0 Å². The average Bonchev–Trinajstić information content (AvgIpc) is 3.41. The molecule has 0 aliphatic heterocycles. The van der Waals surface area contributed by atoms with Crippen molar-refractivity contribution in [1.29, 1.82) is 0 Å². The summed E-state index contributed by atoms with van der Waals surface area (Å²) in [6, 6.07) is 4.20. The molecule has 10 nitrogen and oxygen atoms in total. The molecule has 0 heterocycles. The maximum absolute atomic E-state index is 13.3. The molecule has 17 heteroatoms. The van der Waals surface area contributed by atoms with Crippen LogP contribution in [0, 0.1) is 35.0 Å². The van der Waals surface area contributed by atoms with E-state index in [0.29, 0.717) is 25.0 Å². The molecule has 1 aromatic carbocycles. The number of nitrogens with one attached hydrogen (secondary N) is 1. The fraction of sp³-hybridized carbons (Fsp3) is 0.800. The molecule has 358 valence electrons. The number of hydrogen-bond acceptors (Lipinski definition) is 9. The lowest BCUT2D eigenvalue weighted by Gasteiger charge is -2.53. The minimum Gasteiger partial charge on any atom is -0.459 e. The molecule has 0 radical (unpaired) electrons. The van der Waals surface area contributed by atoms with Crippen LogP contribution >= 0.6 is 12.4 Å². The summed E-state index contributed by atoms with van der Waals surface area (Å²) in [7, 11) is -1.53. The number of carbonyl (C=O) groups excluding carboxylic acids is 3. The molecule has 9 atom stereocenters. The van der Waals surface area contributed by atoms with Crippen LogP contribution in [0.4, 0.5) is 26.7 Å². The highest BCUT2D eigenvalue weighted by Gasteiger charge is 2.57. The highest BCUT2D eigenvalue weighted by Crippen LogP contribution is 2.62. The van der Waals surface area contributed by atoms with E-state index in [1.165, 1.54) is 5.56 Å². The van der Waals surface area contributed by atoms with Crippen LogP contribution in [0.3, 0.4) is 0 Å². The van der Waals surface area contributed by atoms with Gasteiger partial charge in [0, 0.05) is 28.7 Å². The topological polar surface area (TPSA) is 154 Å². The summed E-state index contributed by atoms with van der Waals surface area (Å²) in [6.45, 7) is 20.3. The van der Waals surface area contributed by atoms with Gasteiger partial charge >= 0.3 is 30.1 Å². The molecule has 3 aliphatic rings. The Morgan fingerprint density at radius 2 is 1.48 bits per heavy atom. The molecule has 0 saturated heterocycles. The third-order valence-electron chi connectivity index (χ3n) is 12.3. The number of carbonyl (C=O) groups is 3. The second kappa shape index (κ2) is 22.1. The van der Waals surface area contributed by atoms with E-state index in [-0.39, 0.29) is 76.9 Å². The summed E-state index contributed by atoms with van der Waals surface area (Å²) in [4.78, 5) is 36.9. The third kappa shape index (κ3) is 15.3. The highest BCUT2D eigenvalue weighted by atomic mass is 35.5. The minimum atomic E-state index is -5.62. The third-order valence-corrected chi connectivity index (χ3v) is 13.7. The zero-order valence-corrected chi connectivity index (χ0v) is 39.9. The van der Waals surface area contributed by atoms with Crippen molar-refractivity contribution in [2.24, 2.45) is 40.7 Å².